The Labute approximate surface area is 110 Å². The third kappa shape index (κ3) is 4.22. The fourth-order valence-corrected chi connectivity index (χ4v) is 1.72. The highest BCUT2D eigenvalue weighted by atomic mass is 16.5. The number of nitrogens with one attached hydrogen (secondary N) is 1. The SMILES string of the molecule is CCCn1nc(C)c(N)c1NCCOCC(C)C. The lowest BCUT2D eigenvalue weighted by Crippen LogP contribution is -2.15. The number of anilines is 2. The Bertz CT molecular complexity index is 360. The van der Waals surface area contributed by atoms with E-state index in [1.165, 1.54) is 0 Å². The minimum atomic E-state index is 0.572. The summed E-state index contributed by atoms with van der Waals surface area (Å²) in [7, 11) is 0. The third-order valence-electron chi connectivity index (χ3n) is 2.60. The second-order valence-corrected chi connectivity index (χ2v) is 4.97. The zero-order valence-corrected chi connectivity index (χ0v) is 12.0. The molecule has 104 valence electrons. The lowest BCUT2D eigenvalue weighted by atomic mass is 10.2. The minimum absolute atomic E-state index is 0.572. The number of ether oxygens (including phenoxy) is 1. The van der Waals surface area contributed by atoms with Crippen molar-refractivity contribution < 1.29 is 4.74 Å². The topological polar surface area (TPSA) is 65.1 Å². The van der Waals surface area contributed by atoms with Crippen LogP contribution in [0.1, 0.15) is 32.9 Å². The average Bonchev–Trinajstić information content (AvgIpc) is 2.56. The molecule has 5 nitrogen and oxygen atoms in total. The van der Waals surface area contributed by atoms with E-state index in [0.717, 1.165) is 43.3 Å². The summed E-state index contributed by atoms with van der Waals surface area (Å²) in [5.41, 5.74) is 7.64. The van der Waals surface area contributed by atoms with Crippen LogP contribution in [-0.4, -0.2) is 29.5 Å². The molecular weight excluding hydrogens is 228 g/mol. The van der Waals surface area contributed by atoms with Gasteiger partial charge in [0.05, 0.1) is 18.0 Å². The van der Waals surface area contributed by atoms with Crippen molar-refractivity contribution in [2.75, 3.05) is 30.8 Å². The molecule has 0 atom stereocenters. The predicted octanol–water partition coefficient (Wildman–Crippen LogP) is 2.27. The van der Waals surface area contributed by atoms with Crippen LogP contribution >= 0.6 is 0 Å². The number of nitrogens with two attached hydrogens (primary N) is 1. The van der Waals surface area contributed by atoms with Crippen molar-refractivity contribution in [2.24, 2.45) is 5.92 Å². The van der Waals surface area contributed by atoms with Crippen LogP contribution in [0.15, 0.2) is 0 Å². The molecule has 5 heteroatoms. The highest BCUT2D eigenvalue weighted by Gasteiger charge is 2.11. The highest BCUT2D eigenvalue weighted by Crippen LogP contribution is 2.22. The maximum absolute atomic E-state index is 6.01. The van der Waals surface area contributed by atoms with Crippen LogP contribution < -0.4 is 11.1 Å². The molecule has 3 N–H and O–H groups in total. The van der Waals surface area contributed by atoms with Gasteiger partial charge in [0.25, 0.3) is 0 Å². The summed E-state index contributed by atoms with van der Waals surface area (Å²) >= 11 is 0. The van der Waals surface area contributed by atoms with Crippen LogP contribution in [0.25, 0.3) is 0 Å². The van der Waals surface area contributed by atoms with Gasteiger partial charge >= 0.3 is 0 Å². The van der Waals surface area contributed by atoms with Crippen molar-refractivity contribution in [1.82, 2.24) is 9.78 Å². The Kier molecular flexibility index (Phi) is 5.98. The van der Waals surface area contributed by atoms with E-state index in [1.54, 1.807) is 0 Å². The van der Waals surface area contributed by atoms with Gasteiger partial charge in [-0.1, -0.05) is 20.8 Å². The fraction of sp³-hybridized carbons (Fsp3) is 0.769. The number of rotatable bonds is 8. The first kappa shape index (κ1) is 14.8. The Balaban J connectivity index is 2.45. The standard InChI is InChI=1S/C13H26N4O/c1-5-7-17-13(12(14)11(4)16-17)15-6-8-18-9-10(2)3/h10,15H,5-9,14H2,1-4H3. The Morgan fingerprint density at radius 2 is 2.17 bits per heavy atom. The van der Waals surface area contributed by atoms with Gasteiger partial charge in [-0.2, -0.15) is 5.10 Å². The smallest absolute Gasteiger partial charge is 0.148 e. The molecule has 0 aliphatic rings. The maximum atomic E-state index is 6.01. The molecule has 1 rings (SSSR count). The number of hydrogen-bond acceptors (Lipinski definition) is 4. The monoisotopic (exact) mass is 254 g/mol. The van der Waals surface area contributed by atoms with Crippen molar-refractivity contribution in [2.45, 2.75) is 40.7 Å². The van der Waals surface area contributed by atoms with Gasteiger partial charge in [0, 0.05) is 19.7 Å². The van der Waals surface area contributed by atoms with E-state index in [1.807, 2.05) is 11.6 Å². The van der Waals surface area contributed by atoms with E-state index in [9.17, 15) is 0 Å². The van der Waals surface area contributed by atoms with Gasteiger partial charge in [0.15, 0.2) is 0 Å². The molecule has 0 aliphatic carbocycles. The predicted molar refractivity (Wildman–Crippen MR) is 75.8 cm³/mol. The summed E-state index contributed by atoms with van der Waals surface area (Å²) < 4.78 is 7.47. The Hall–Kier alpha value is -1.23. The number of nitrogens with zero attached hydrogens (tertiary/aromatic N) is 2. The van der Waals surface area contributed by atoms with Crippen LogP contribution in [0.4, 0.5) is 11.5 Å². The number of nitrogen functional groups attached to an aromatic ring is 1. The van der Waals surface area contributed by atoms with Crippen molar-refractivity contribution in [3.05, 3.63) is 5.69 Å². The summed E-state index contributed by atoms with van der Waals surface area (Å²) in [5, 5.41) is 7.73. The molecule has 18 heavy (non-hydrogen) atoms. The molecule has 1 aromatic rings. The van der Waals surface area contributed by atoms with E-state index in [2.05, 4.69) is 31.2 Å². The molecule has 0 radical (unpaired) electrons. The van der Waals surface area contributed by atoms with Gasteiger partial charge < -0.3 is 15.8 Å². The fourth-order valence-electron chi connectivity index (χ4n) is 1.72. The number of aromatic nitrogens is 2. The van der Waals surface area contributed by atoms with Gasteiger partial charge in [-0.25, -0.2) is 4.68 Å². The van der Waals surface area contributed by atoms with Crippen LogP contribution in [0.3, 0.4) is 0 Å². The van der Waals surface area contributed by atoms with Gasteiger partial charge in [-0.15, -0.1) is 0 Å². The van der Waals surface area contributed by atoms with E-state index >= 15 is 0 Å². The largest absolute Gasteiger partial charge is 0.394 e. The van der Waals surface area contributed by atoms with Gasteiger partial charge in [0.2, 0.25) is 0 Å². The van der Waals surface area contributed by atoms with Crippen LogP contribution in [-0.2, 0) is 11.3 Å². The number of hydrogen-bond donors (Lipinski definition) is 2. The zero-order valence-electron chi connectivity index (χ0n) is 12.0. The molecule has 0 aromatic carbocycles. The highest BCUT2D eigenvalue weighted by molar-refractivity contribution is 5.64. The lowest BCUT2D eigenvalue weighted by molar-refractivity contribution is 0.118. The minimum Gasteiger partial charge on any atom is -0.394 e. The Morgan fingerprint density at radius 1 is 1.44 bits per heavy atom. The van der Waals surface area contributed by atoms with Gasteiger partial charge in [-0.05, 0) is 19.3 Å². The average molecular weight is 254 g/mol. The summed E-state index contributed by atoms with van der Waals surface area (Å²) in [6, 6.07) is 0. The second kappa shape index (κ2) is 7.26. The summed E-state index contributed by atoms with van der Waals surface area (Å²) in [5.74, 6) is 1.49. The van der Waals surface area contributed by atoms with Crippen LogP contribution in [0, 0.1) is 12.8 Å². The molecule has 0 saturated heterocycles. The van der Waals surface area contributed by atoms with Crippen molar-refractivity contribution in [3.8, 4) is 0 Å². The van der Waals surface area contributed by atoms with Crippen LogP contribution in [0.2, 0.25) is 0 Å². The summed E-state index contributed by atoms with van der Waals surface area (Å²) in [6.45, 7) is 11.5. The second-order valence-electron chi connectivity index (χ2n) is 4.97. The molecule has 1 aromatic heterocycles. The molecule has 0 amide bonds. The van der Waals surface area contributed by atoms with Gasteiger partial charge in [-0.3, -0.25) is 0 Å². The first-order valence-electron chi connectivity index (χ1n) is 6.70. The zero-order chi connectivity index (χ0) is 13.5. The van der Waals surface area contributed by atoms with E-state index < -0.39 is 0 Å². The molecule has 0 spiro atoms. The molecule has 0 fully saturated rings. The molecule has 0 unspecified atom stereocenters. The molecule has 0 aliphatic heterocycles. The molecule has 0 bridgehead atoms. The number of aryl methyl sites for hydroxylation is 2. The molecular formula is C13H26N4O. The Morgan fingerprint density at radius 3 is 2.78 bits per heavy atom. The van der Waals surface area contributed by atoms with Crippen molar-refractivity contribution >= 4 is 11.5 Å². The first-order valence-corrected chi connectivity index (χ1v) is 6.70. The summed E-state index contributed by atoms with van der Waals surface area (Å²) in [4.78, 5) is 0. The van der Waals surface area contributed by atoms with Crippen LogP contribution in [0.5, 0.6) is 0 Å². The molecule has 1 heterocycles. The first-order chi connectivity index (χ1) is 8.56. The molecule has 0 saturated carbocycles. The quantitative estimate of drug-likeness (QED) is 0.698. The van der Waals surface area contributed by atoms with E-state index in [-0.39, 0.29) is 0 Å². The maximum Gasteiger partial charge on any atom is 0.148 e. The van der Waals surface area contributed by atoms with E-state index in [4.69, 9.17) is 10.5 Å². The summed E-state index contributed by atoms with van der Waals surface area (Å²) in [6.07, 6.45) is 1.04. The van der Waals surface area contributed by atoms with Crippen molar-refractivity contribution in [3.63, 3.8) is 0 Å². The van der Waals surface area contributed by atoms with Gasteiger partial charge in [0.1, 0.15) is 5.82 Å². The third-order valence-corrected chi connectivity index (χ3v) is 2.60. The normalized spacial score (nSPS) is 11.2. The van der Waals surface area contributed by atoms with Crippen molar-refractivity contribution in [1.29, 1.82) is 0 Å². The van der Waals surface area contributed by atoms with E-state index in [0.29, 0.717) is 12.5 Å². The lowest BCUT2D eigenvalue weighted by Gasteiger charge is -2.11.